The normalized spacial score (nSPS) is 14.0. The van der Waals surface area contributed by atoms with Gasteiger partial charge in [-0.15, -0.1) is 0 Å². The van der Waals surface area contributed by atoms with Gasteiger partial charge in [0.05, 0.1) is 12.0 Å². The van der Waals surface area contributed by atoms with E-state index in [-0.39, 0.29) is 17.4 Å². The molecule has 0 radical (unpaired) electrons. The lowest BCUT2D eigenvalue weighted by Crippen LogP contribution is -2.36. The number of carbonyl (C=O) groups is 4. The maximum Gasteiger partial charge on any atom is 0.294 e. The van der Waals surface area contributed by atoms with Crippen LogP contribution in [0.2, 0.25) is 0 Å². The standard InChI is InChI=1S/C31H31N3O6S/c1-19(2)22-9-11-23(12-10-22)32-28(35)17-34-30(37)27(41-31(34)38)16-21-8-13-25(26(15-21)39-4)40-18-29(36)33-24-7-5-6-20(3)14-24/h5-16,19H,17-18H2,1-4H3,(H,32,35)(H,33,36)/b27-16+. The minimum absolute atomic E-state index is 0.178. The molecule has 1 heterocycles. The van der Waals surface area contributed by atoms with E-state index >= 15 is 0 Å². The fourth-order valence-electron chi connectivity index (χ4n) is 4.04. The highest BCUT2D eigenvalue weighted by atomic mass is 32.2. The van der Waals surface area contributed by atoms with Crippen LogP contribution in [0.4, 0.5) is 16.2 Å². The molecule has 2 N–H and O–H groups in total. The molecule has 0 spiro atoms. The number of benzene rings is 3. The lowest BCUT2D eigenvalue weighted by molar-refractivity contribution is -0.127. The number of nitrogens with zero attached hydrogens (tertiary/aromatic N) is 1. The van der Waals surface area contributed by atoms with Crippen molar-refractivity contribution in [2.75, 3.05) is 30.9 Å². The number of aryl methyl sites for hydroxylation is 1. The molecular formula is C31H31N3O6S. The quantitative estimate of drug-likeness (QED) is 0.294. The first kappa shape index (κ1) is 29.4. The summed E-state index contributed by atoms with van der Waals surface area (Å²) in [4.78, 5) is 51.4. The van der Waals surface area contributed by atoms with Crippen molar-refractivity contribution in [1.29, 1.82) is 0 Å². The number of amides is 4. The van der Waals surface area contributed by atoms with Crippen LogP contribution in [0.15, 0.2) is 71.6 Å². The minimum atomic E-state index is -0.558. The maximum absolute atomic E-state index is 12.9. The van der Waals surface area contributed by atoms with Gasteiger partial charge >= 0.3 is 0 Å². The van der Waals surface area contributed by atoms with Gasteiger partial charge in [-0.3, -0.25) is 24.1 Å². The van der Waals surface area contributed by atoms with E-state index in [1.165, 1.54) is 7.11 Å². The summed E-state index contributed by atoms with van der Waals surface area (Å²) in [6, 6.07) is 19.8. The second kappa shape index (κ2) is 13.2. The highest BCUT2D eigenvalue weighted by Crippen LogP contribution is 2.34. The van der Waals surface area contributed by atoms with Crippen molar-refractivity contribution in [3.8, 4) is 11.5 Å². The number of imide groups is 1. The zero-order valence-electron chi connectivity index (χ0n) is 23.2. The summed E-state index contributed by atoms with van der Waals surface area (Å²) < 4.78 is 11.1. The van der Waals surface area contributed by atoms with Gasteiger partial charge in [0.2, 0.25) is 5.91 Å². The Bertz CT molecular complexity index is 1500. The van der Waals surface area contributed by atoms with Crippen LogP contribution in [-0.4, -0.2) is 48.1 Å². The monoisotopic (exact) mass is 573 g/mol. The predicted octanol–water partition coefficient (Wildman–Crippen LogP) is 5.82. The molecule has 4 rings (SSSR count). The molecule has 0 aromatic heterocycles. The number of thioether (sulfide) groups is 1. The Morgan fingerprint density at radius 2 is 1.66 bits per heavy atom. The number of rotatable bonds is 10. The minimum Gasteiger partial charge on any atom is -0.493 e. The topological polar surface area (TPSA) is 114 Å². The van der Waals surface area contributed by atoms with E-state index in [9.17, 15) is 19.2 Å². The van der Waals surface area contributed by atoms with Gasteiger partial charge in [-0.25, -0.2) is 0 Å². The average Bonchev–Trinajstić information content (AvgIpc) is 3.19. The third-order valence-corrected chi connectivity index (χ3v) is 7.09. The smallest absolute Gasteiger partial charge is 0.294 e. The second-order valence-corrected chi connectivity index (χ2v) is 10.7. The molecule has 3 aromatic rings. The molecule has 1 aliphatic rings. The van der Waals surface area contributed by atoms with Crippen LogP contribution in [0.1, 0.15) is 36.5 Å². The molecule has 41 heavy (non-hydrogen) atoms. The van der Waals surface area contributed by atoms with Crippen molar-refractivity contribution in [2.45, 2.75) is 26.7 Å². The fraction of sp³-hybridized carbons (Fsp3) is 0.226. The van der Waals surface area contributed by atoms with E-state index in [1.807, 2.05) is 37.3 Å². The van der Waals surface area contributed by atoms with Crippen molar-refractivity contribution in [2.24, 2.45) is 0 Å². The summed E-state index contributed by atoms with van der Waals surface area (Å²) in [5, 5.41) is 4.97. The molecule has 3 aromatic carbocycles. The molecule has 4 amide bonds. The van der Waals surface area contributed by atoms with Gasteiger partial charge in [-0.05, 0) is 83.8 Å². The van der Waals surface area contributed by atoms with Gasteiger partial charge in [0.1, 0.15) is 6.54 Å². The van der Waals surface area contributed by atoms with Gasteiger partial charge in [0.25, 0.3) is 17.1 Å². The van der Waals surface area contributed by atoms with Crippen LogP contribution in [0.5, 0.6) is 11.5 Å². The van der Waals surface area contributed by atoms with Crippen LogP contribution >= 0.6 is 11.8 Å². The molecule has 212 valence electrons. The van der Waals surface area contributed by atoms with Gasteiger partial charge in [-0.2, -0.15) is 0 Å². The van der Waals surface area contributed by atoms with E-state index in [4.69, 9.17) is 9.47 Å². The predicted molar refractivity (Wildman–Crippen MR) is 160 cm³/mol. The lowest BCUT2D eigenvalue weighted by Gasteiger charge is -2.13. The van der Waals surface area contributed by atoms with Crippen molar-refractivity contribution in [1.82, 2.24) is 4.90 Å². The summed E-state index contributed by atoms with van der Waals surface area (Å²) >= 11 is 0.757. The molecule has 0 saturated carbocycles. The van der Waals surface area contributed by atoms with Gasteiger partial charge in [0, 0.05) is 11.4 Å². The van der Waals surface area contributed by atoms with Crippen LogP contribution < -0.4 is 20.1 Å². The van der Waals surface area contributed by atoms with E-state index in [2.05, 4.69) is 24.5 Å². The number of anilines is 2. The Hall–Kier alpha value is -4.57. The number of hydrogen-bond donors (Lipinski definition) is 2. The molecule has 1 aliphatic heterocycles. The summed E-state index contributed by atoms with van der Waals surface area (Å²) in [5.41, 5.74) is 4.00. The molecule has 10 heteroatoms. The summed E-state index contributed by atoms with van der Waals surface area (Å²) in [6.07, 6.45) is 1.55. The molecule has 0 bridgehead atoms. The van der Waals surface area contributed by atoms with Crippen molar-refractivity contribution in [3.05, 3.63) is 88.3 Å². The van der Waals surface area contributed by atoms with E-state index in [0.717, 1.165) is 27.8 Å². The Balaban J connectivity index is 1.36. The number of hydrogen-bond acceptors (Lipinski definition) is 7. The Morgan fingerprint density at radius 1 is 0.927 bits per heavy atom. The molecule has 1 fully saturated rings. The number of methoxy groups -OCH3 is 1. The molecule has 0 unspecified atom stereocenters. The van der Waals surface area contributed by atoms with Gasteiger partial charge < -0.3 is 20.1 Å². The Kier molecular flexibility index (Phi) is 9.46. The molecule has 0 atom stereocenters. The second-order valence-electron chi connectivity index (χ2n) is 9.71. The number of carbonyl (C=O) groups excluding carboxylic acids is 4. The fourth-order valence-corrected chi connectivity index (χ4v) is 4.88. The highest BCUT2D eigenvalue weighted by molar-refractivity contribution is 8.18. The zero-order chi connectivity index (χ0) is 29.5. The number of nitrogens with one attached hydrogen (secondary N) is 2. The number of ether oxygens (including phenoxy) is 2. The van der Waals surface area contributed by atoms with E-state index in [1.54, 1.807) is 42.5 Å². The zero-order valence-corrected chi connectivity index (χ0v) is 24.0. The Morgan fingerprint density at radius 3 is 2.34 bits per heavy atom. The van der Waals surface area contributed by atoms with Crippen LogP contribution in [0.3, 0.4) is 0 Å². The van der Waals surface area contributed by atoms with E-state index in [0.29, 0.717) is 34.4 Å². The first-order valence-corrected chi connectivity index (χ1v) is 13.8. The largest absolute Gasteiger partial charge is 0.493 e. The van der Waals surface area contributed by atoms with Crippen LogP contribution in [-0.2, 0) is 14.4 Å². The molecular weight excluding hydrogens is 542 g/mol. The van der Waals surface area contributed by atoms with E-state index < -0.39 is 23.6 Å². The first-order valence-electron chi connectivity index (χ1n) is 13.0. The van der Waals surface area contributed by atoms with Gasteiger partial charge in [0.15, 0.2) is 18.1 Å². The molecule has 1 saturated heterocycles. The van der Waals surface area contributed by atoms with Crippen LogP contribution in [0.25, 0.3) is 6.08 Å². The molecule has 0 aliphatic carbocycles. The summed E-state index contributed by atoms with van der Waals surface area (Å²) in [7, 11) is 1.46. The van der Waals surface area contributed by atoms with Crippen molar-refractivity contribution >= 4 is 52.2 Å². The third kappa shape index (κ3) is 7.76. The molecule has 9 nitrogen and oxygen atoms in total. The SMILES string of the molecule is COc1cc(/C=C2/SC(=O)N(CC(=O)Nc3ccc(C(C)C)cc3)C2=O)ccc1OCC(=O)Nc1cccc(C)c1. The lowest BCUT2D eigenvalue weighted by atomic mass is 10.0. The Labute approximate surface area is 242 Å². The van der Waals surface area contributed by atoms with Crippen molar-refractivity contribution in [3.63, 3.8) is 0 Å². The summed E-state index contributed by atoms with van der Waals surface area (Å²) in [6.45, 7) is 5.46. The maximum atomic E-state index is 12.9. The first-order chi connectivity index (χ1) is 19.6. The average molecular weight is 574 g/mol. The summed E-state index contributed by atoms with van der Waals surface area (Å²) in [5.74, 6) is -0.300. The highest BCUT2D eigenvalue weighted by Gasteiger charge is 2.36. The van der Waals surface area contributed by atoms with Gasteiger partial charge in [-0.1, -0.05) is 44.2 Å². The van der Waals surface area contributed by atoms with Crippen LogP contribution in [0, 0.1) is 6.92 Å². The third-order valence-electron chi connectivity index (χ3n) is 6.18. The van der Waals surface area contributed by atoms with Crippen molar-refractivity contribution < 1.29 is 28.7 Å².